The van der Waals surface area contributed by atoms with E-state index in [0.29, 0.717) is 5.56 Å². The SMILES string of the molecule is CC(C)(C)OC(=O)Nc1cc(C(F)(F)F)ccc1CCC#N. The van der Waals surface area contributed by atoms with Crippen molar-refractivity contribution >= 4 is 11.8 Å². The van der Waals surface area contributed by atoms with Crippen molar-refractivity contribution in [3.05, 3.63) is 29.3 Å². The molecule has 0 atom stereocenters. The molecule has 0 spiro atoms. The van der Waals surface area contributed by atoms with E-state index in [-0.39, 0.29) is 18.5 Å². The molecule has 0 unspecified atom stereocenters. The highest BCUT2D eigenvalue weighted by Gasteiger charge is 2.31. The maximum absolute atomic E-state index is 12.8. The molecule has 1 amide bonds. The Hall–Kier alpha value is -2.23. The van der Waals surface area contributed by atoms with Crippen LogP contribution in [0.3, 0.4) is 0 Å². The van der Waals surface area contributed by atoms with Gasteiger partial charge in [-0.2, -0.15) is 18.4 Å². The topological polar surface area (TPSA) is 62.1 Å². The number of nitrogens with one attached hydrogen (secondary N) is 1. The average Bonchev–Trinajstić information content (AvgIpc) is 2.33. The van der Waals surface area contributed by atoms with Gasteiger partial charge >= 0.3 is 12.3 Å². The molecule has 1 rings (SSSR count). The Morgan fingerprint density at radius 2 is 1.95 bits per heavy atom. The van der Waals surface area contributed by atoms with E-state index in [1.165, 1.54) is 6.07 Å². The summed E-state index contributed by atoms with van der Waals surface area (Å²) in [6.07, 6.45) is -4.99. The molecule has 0 aliphatic heterocycles. The number of halogens is 3. The molecule has 0 aliphatic carbocycles. The molecule has 1 aromatic rings. The van der Waals surface area contributed by atoms with Crippen molar-refractivity contribution < 1.29 is 22.7 Å². The standard InChI is InChI=1S/C15H17F3N2O2/c1-14(2,3)22-13(21)20-12-9-11(15(16,17)18)7-6-10(12)5-4-8-19/h6-7,9H,4-5H2,1-3H3,(H,20,21). The summed E-state index contributed by atoms with van der Waals surface area (Å²) in [5.41, 5.74) is -1.20. The van der Waals surface area contributed by atoms with Crippen LogP contribution < -0.4 is 5.32 Å². The van der Waals surface area contributed by atoms with Crippen LogP contribution >= 0.6 is 0 Å². The van der Waals surface area contributed by atoms with Crippen LogP contribution in [0.4, 0.5) is 23.7 Å². The number of carbonyl (C=O) groups is 1. The predicted molar refractivity (Wildman–Crippen MR) is 75.2 cm³/mol. The number of benzene rings is 1. The number of alkyl halides is 3. The van der Waals surface area contributed by atoms with Crippen molar-refractivity contribution in [1.29, 1.82) is 5.26 Å². The number of ether oxygens (including phenoxy) is 1. The molecule has 1 aromatic carbocycles. The number of amides is 1. The quantitative estimate of drug-likeness (QED) is 0.893. The van der Waals surface area contributed by atoms with Gasteiger partial charge in [-0.25, -0.2) is 4.79 Å². The van der Waals surface area contributed by atoms with Crippen LogP contribution in [0, 0.1) is 11.3 Å². The smallest absolute Gasteiger partial charge is 0.416 e. The van der Waals surface area contributed by atoms with Crippen LogP contribution in [0.15, 0.2) is 18.2 Å². The maximum atomic E-state index is 12.8. The molecule has 120 valence electrons. The molecular weight excluding hydrogens is 297 g/mol. The fourth-order valence-electron chi connectivity index (χ4n) is 1.69. The van der Waals surface area contributed by atoms with Gasteiger partial charge in [-0.15, -0.1) is 0 Å². The van der Waals surface area contributed by atoms with Crippen LogP contribution in [0.2, 0.25) is 0 Å². The highest BCUT2D eigenvalue weighted by Crippen LogP contribution is 2.32. The van der Waals surface area contributed by atoms with Gasteiger partial charge in [0.1, 0.15) is 5.60 Å². The Morgan fingerprint density at radius 1 is 1.32 bits per heavy atom. The largest absolute Gasteiger partial charge is 0.444 e. The lowest BCUT2D eigenvalue weighted by Crippen LogP contribution is -2.27. The number of nitriles is 1. The number of hydrogen-bond acceptors (Lipinski definition) is 3. The molecule has 0 saturated carbocycles. The van der Waals surface area contributed by atoms with Crippen molar-refractivity contribution in [2.75, 3.05) is 5.32 Å². The van der Waals surface area contributed by atoms with Gasteiger partial charge in [0.25, 0.3) is 0 Å². The Morgan fingerprint density at radius 3 is 2.45 bits per heavy atom. The van der Waals surface area contributed by atoms with Crippen LogP contribution in [0.5, 0.6) is 0 Å². The van der Waals surface area contributed by atoms with E-state index < -0.39 is 23.4 Å². The Balaban J connectivity index is 3.06. The summed E-state index contributed by atoms with van der Waals surface area (Å²) in [6.45, 7) is 4.94. The van der Waals surface area contributed by atoms with Gasteiger partial charge in [0.15, 0.2) is 0 Å². The van der Waals surface area contributed by atoms with E-state index in [4.69, 9.17) is 10.00 Å². The van der Waals surface area contributed by atoms with Crippen molar-refractivity contribution in [2.24, 2.45) is 0 Å². The first kappa shape index (κ1) is 17.8. The van der Waals surface area contributed by atoms with Gasteiger partial charge in [0, 0.05) is 12.1 Å². The minimum absolute atomic E-state index is 0.000625. The molecule has 0 heterocycles. The molecular formula is C15H17F3N2O2. The van der Waals surface area contributed by atoms with Crippen LogP contribution in [0.25, 0.3) is 0 Å². The van der Waals surface area contributed by atoms with Crippen molar-refractivity contribution in [3.63, 3.8) is 0 Å². The fourth-order valence-corrected chi connectivity index (χ4v) is 1.69. The third kappa shape index (κ3) is 5.64. The summed E-state index contributed by atoms with van der Waals surface area (Å²) in [4.78, 5) is 11.7. The van der Waals surface area contributed by atoms with Crippen LogP contribution in [-0.4, -0.2) is 11.7 Å². The maximum Gasteiger partial charge on any atom is 0.416 e. The second-order valence-corrected chi connectivity index (χ2v) is 5.65. The van der Waals surface area contributed by atoms with E-state index in [2.05, 4.69) is 5.32 Å². The zero-order valence-electron chi connectivity index (χ0n) is 12.5. The minimum atomic E-state index is -4.52. The third-order valence-corrected chi connectivity index (χ3v) is 2.58. The molecule has 0 radical (unpaired) electrons. The van der Waals surface area contributed by atoms with E-state index in [1.54, 1.807) is 20.8 Å². The first-order chi connectivity index (χ1) is 10.0. The second kappa shape index (κ2) is 6.69. The molecule has 1 N–H and O–H groups in total. The van der Waals surface area contributed by atoms with Gasteiger partial charge in [-0.05, 0) is 44.9 Å². The molecule has 7 heteroatoms. The third-order valence-electron chi connectivity index (χ3n) is 2.58. The second-order valence-electron chi connectivity index (χ2n) is 5.65. The number of hydrogen-bond donors (Lipinski definition) is 1. The lowest BCUT2D eigenvalue weighted by atomic mass is 10.0. The molecule has 4 nitrogen and oxygen atoms in total. The fraction of sp³-hybridized carbons (Fsp3) is 0.467. The number of carbonyl (C=O) groups excluding carboxylic acids is 1. The van der Waals surface area contributed by atoms with Crippen LogP contribution in [0.1, 0.15) is 38.3 Å². The predicted octanol–water partition coefficient (Wildman–Crippen LogP) is 4.51. The van der Waals surface area contributed by atoms with Gasteiger partial charge in [-0.3, -0.25) is 5.32 Å². The summed E-state index contributed by atoms with van der Waals surface area (Å²) in [5.74, 6) is 0. The number of aryl methyl sites for hydroxylation is 1. The molecule has 0 bridgehead atoms. The van der Waals surface area contributed by atoms with Crippen molar-refractivity contribution in [2.45, 2.75) is 45.4 Å². The Labute approximate surface area is 126 Å². The zero-order valence-corrected chi connectivity index (χ0v) is 12.5. The summed E-state index contributed by atoms with van der Waals surface area (Å²) in [5, 5.41) is 10.9. The highest BCUT2D eigenvalue weighted by molar-refractivity contribution is 5.86. The van der Waals surface area contributed by atoms with Gasteiger partial charge in [0.2, 0.25) is 0 Å². The lowest BCUT2D eigenvalue weighted by Gasteiger charge is -2.21. The Kier molecular flexibility index (Phi) is 5.42. The molecule has 0 saturated heterocycles. The summed E-state index contributed by atoms with van der Waals surface area (Å²) in [6, 6.07) is 4.94. The van der Waals surface area contributed by atoms with E-state index in [9.17, 15) is 18.0 Å². The van der Waals surface area contributed by atoms with Gasteiger partial charge in [0.05, 0.1) is 11.6 Å². The Bertz CT molecular complexity index is 584. The highest BCUT2D eigenvalue weighted by atomic mass is 19.4. The van der Waals surface area contributed by atoms with Gasteiger partial charge in [-0.1, -0.05) is 6.07 Å². The molecule has 22 heavy (non-hydrogen) atoms. The summed E-state index contributed by atoms with van der Waals surface area (Å²) in [7, 11) is 0. The monoisotopic (exact) mass is 314 g/mol. The minimum Gasteiger partial charge on any atom is -0.444 e. The first-order valence-corrected chi connectivity index (χ1v) is 6.60. The normalized spacial score (nSPS) is 11.7. The summed E-state index contributed by atoms with van der Waals surface area (Å²) >= 11 is 0. The van der Waals surface area contributed by atoms with Crippen LogP contribution in [-0.2, 0) is 17.3 Å². The molecule has 0 fully saturated rings. The average molecular weight is 314 g/mol. The number of rotatable bonds is 3. The summed E-state index contributed by atoms with van der Waals surface area (Å²) < 4.78 is 43.3. The van der Waals surface area contributed by atoms with E-state index in [1.807, 2.05) is 6.07 Å². The zero-order chi connectivity index (χ0) is 17.0. The number of anilines is 1. The number of nitrogens with zero attached hydrogens (tertiary/aromatic N) is 1. The molecule has 0 aromatic heterocycles. The van der Waals surface area contributed by atoms with Gasteiger partial charge < -0.3 is 4.74 Å². The van der Waals surface area contributed by atoms with E-state index >= 15 is 0 Å². The van der Waals surface area contributed by atoms with E-state index in [0.717, 1.165) is 12.1 Å². The lowest BCUT2D eigenvalue weighted by molar-refractivity contribution is -0.137. The van der Waals surface area contributed by atoms with Crippen molar-refractivity contribution in [3.8, 4) is 6.07 Å². The van der Waals surface area contributed by atoms with Crippen molar-refractivity contribution in [1.82, 2.24) is 0 Å². The molecule has 0 aliphatic rings. The first-order valence-electron chi connectivity index (χ1n) is 6.60.